The van der Waals surface area contributed by atoms with E-state index >= 15 is 0 Å². The minimum atomic E-state index is 0.908. The van der Waals surface area contributed by atoms with E-state index in [9.17, 15) is 0 Å². The number of fused-ring (bicyclic) bond motifs is 5. The molecule has 1 aliphatic rings. The van der Waals surface area contributed by atoms with Crippen molar-refractivity contribution in [1.29, 1.82) is 0 Å². The van der Waals surface area contributed by atoms with Crippen molar-refractivity contribution in [3.63, 3.8) is 0 Å². The van der Waals surface area contributed by atoms with Crippen LogP contribution in [-0.4, -0.2) is 0 Å². The molecule has 0 atom stereocenters. The second-order valence-corrected chi connectivity index (χ2v) is 13.4. The van der Waals surface area contributed by atoms with Gasteiger partial charge in [0.05, 0.1) is 0 Å². The van der Waals surface area contributed by atoms with Crippen molar-refractivity contribution in [2.24, 2.45) is 0 Å². The van der Waals surface area contributed by atoms with Crippen molar-refractivity contribution >= 4 is 49.1 Å². The van der Waals surface area contributed by atoms with Crippen molar-refractivity contribution in [3.8, 4) is 44.5 Å². The maximum Gasteiger partial charge on any atom is 0.136 e. The molecule has 0 spiro atoms. The Hall–Kier alpha value is -6.44. The van der Waals surface area contributed by atoms with Crippen LogP contribution < -0.4 is 0 Å². The molecule has 8 aromatic carbocycles. The van der Waals surface area contributed by atoms with Gasteiger partial charge < -0.3 is 4.42 Å². The van der Waals surface area contributed by atoms with Crippen LogP contribution in [-0.2, 0) is 0 Å². The van der Waals surface area contributed by atoms with E-state index in [1.54, 1.807) is 0 Å². The van der Waals surface area contributed by atoms with E-state index in [2.05, 4.69) is 182 Å². The SMILES string of the molecule is C1=CC(c2ccc3c(c2)oc2cccc(-c4c5ccccc5c(-c5c(-c6ccccc6)cccc5-c5ccccc5)c5ccccc45)c23)=CCC1. The summed E-state index contributed by atoms with van der Waals surface area (Å²) in [6.45, 7) is 0. The summed E-state index contributed by atoms with van der Waals surface area (Å²) in [5, 5.41) is 7.21. The number of allylic oxidation sites excluding steroid dienone is 4. The van der Waals surface area contributed by atoms with E-state index in [1.165, 1.54) is 77.2 Å². The third-order valence-electron chi connectivity index (χ3n) is 10.5. The number of benzene rings is 8. The maximum absolute atomic E-state index is 6.64. The van der Waals surface area contributed by atoms with Gasteiger partial charge in [-0.2, -0.15) is 0 Å². The van der Waals surface area contributed by atoms with Gasteiger partial charge in [-0.05, 0) is 108 Å². The lowest BCUT2D eigenvalue weighted by Crippen LogP contribution is -1.95. The van der Waals surface area contributed by atoms with E-state index in [0.29, 0.717) is 0 Å². The highest BCUT2D eigenvalue weighted by molar-refractivity contribution is 6.27. The second-order valence-electron chi connectivity index (χ2n) is 13.4. The Morgan fingerprint density at radius 2 is 0.941 bits per heavy atom. The van der Waals surface area contributed by atoms with E-state index < -0.39 is 0 Å². The minimum absolute atomic E-state index is 0.908. The summed E-state index contributed by atoms with van der Waals surface area (Å²) in [6.07, 6.45) is 9.00. The minimum Gasteiger partial charge on any atom is -0.456 e. The van der Waals surface area contributed by atoms with Crippen LogP contribution in [0.25, 0.3) is 93.6 Å². The third kappa shape index (κ3) is 4.85. The van der Waals surface area contributed by atoms with Crippen LogP contribution in [0.2, 0.25) is 0 Å². The molecule has 240 valence electrons. The monoisotopic (exact) mass is 650 g/mol. The Balaban J connectivity index is 1.30. The summed E-state index contributed by atoms with van der Waals surface area (Å²) in [5.74, 6) is 0. The Labute approximate surface area is 297 Å². The molecule has 0 bridgehead atoms. The molecule has 10 rings (SSSR count). The quantitative estimate of drug-likeness (QED) is 0.169. The molecule has 1 nitrogen and oxygen atoms in total. The van der Waals surface area contributed by atoms with Crippen LogP contribution in [0.5, 0.6) is 0 Å². The second kappa shape index (κ2) is 12.2. The summed E-state index contributed by atoms with van der Waals surface area (Å²) in [4.78, 5) is 0. The molecule has 0 amide bonds. The van der Waals surface area contributed by atoms with Crippen molar-refractivity contribution in [1.82, 2.24) is 0 Å². The standard InChI is InChI=1S/C50H34O/c1-4-16-33(17-5-1)36-30-31-43-46(32-36)51-45-29-15-28-44(48(43)45)47-39-22-10-12-24-41(39)50(42-25-13-11-23-40(42)47)49-37(34-18-6-2-7-19-34)26-14-27-38(49)35-20-8-3-9-21-35/h2-4,6-32H,1,5H2. The molecule has 0 N–H and O–H groups in total. The van der Waals surface area contributed by atoms with E-state index in [0.717, 1.165) is 34.8 Å². The number of hydrogen-bond acceptors (Lipinski definition) is 1. The van der Waals surface area contributed by atoms with Crippen LogP contribution >= 0.6 is 0 Å². The Bertz CT molecular complexity index is 2720. The molecule has 0 aliphatic heterocycles. The third-order valence-corrected chi connectivity index (χ3v) is 10.5. The molecule has 0 unspecified atom stereocenters. The van der Waals surface area contributed by atoms with Crippen LogP contribution in [0.4, 0.5) is 0 Å². The summed E-state index contributed by atoms with van der Waals surface area (Å²) >= 11 is 0. The van der Waals surface area contributed by atoms with Gasteiger partial charge in [-0.1, -0.05) is 164 Å². The molecule has 0 saturated carbocycles. The normalized spacial score (nSPS) is 13.0. The van der Waals surface area contributed by atoms with E-state index in [-0.39, 0.29) is 0 Å². The van der Waals surface area contributed by atoms with Crippen LogP contribution in [0.1, 0.15) is 18.4 Å². The Morgan fingerprint density at radius 3 is 1.55 bits per heavy atom. The Kier molecular flexibility index (Phi) is 7.03. The fraction of sp³-hybridized carbons (Fsp3) is 0.0400. The summed E-state index contributed by atoms with van der Waals surface area (Å²) in [7, 11) is 0. The molecule has 51 heavy (non-hydrogen) atoms. The van der Waals surface area contributed by atoms with E-state index in [4.69, 9.17) is 4.42 Å². The zero-order valence-electron chi connectivity index (χ0n) is 28.1. The van der Waals surface area contributed by atoms with Gasteiger partial charge >= 0.3 is 0 Å². The lowest BCUT2D eigenvalue weighted by atomic mass is 9.80. The molecular weight excluding hydrogens is 617 g/mol. The highest BCUT2D eigenvalue weighted by atomic mass is 16.3. The van der Waals surface area contributed by atoms with Gasteiger partial charge in [0.25, 0.3) is 0 Å². The maximum atomic E-state index is 6.64. The zero-order valence-corrected chi connectivity index (χ0v) is 28.1. The molecule has 0 fully saturated rings. The smallest absolute Gasteiger partial charge is 0.136 e. The van der Waals surface area contributed by atoms with Crippen molar-refractivity contribution < 1.29 is 4.42 Å². The summed E-state index contributed by atoms with van der Waals surface area (Å²) in [5.41, 5.74) is 14.1. The van der Waals surface area contributed by atoms with Gasteiger partial charge in [0.1, 0.15) is 11.2 Å². The first-order valence-corrected chi connectivity index (χ1v) is 17.8. The van der Waals surface area contributed by atoms with Crippen LogP contribution in [0.15, 0.2) is 186 Å². The average molecular weight is 651 g/mol. The van der Waals surface area contributed by atoms with Crippen LogP contribution in [0.3, 0.4) is 0 Å². The van der Waals surface area contributed by atoms with Crippen molar-refractivity contribution in [3.05, 3.63) is 188 Å². The van der Waals surface area contributed by atoms with Gasteiger partial charge in [0, 0.05) is 10.8 Å². The lowest BCUT2D eigenvalue weighted by Gasteiger charge is -2.22. The highest BCUT2D eigenvalue weighted by Gasteiger charge is 2.23. The molecule has 1 heteroatoms. The predicted molar refractivity (Wildman–Crippen MR) is 217 cm³/mol. The fourth-order valence-electron chi connectivity index (χ4n) is 8.27. The number of rotatable bonds is 5. The summed E-state index contributed by atoms with van der Waals surface area (Å²) in [6, 6.07) is 59.6. The van der Waals surface area contributed by atoms with Crippen LogP contribution in [0, 0.1) is 0 Å². The summed E-state index contributed by atoms with van der Waals surface area (Å²) < 4.78 is 6.64. The molecular formula is C50H34O. The molecule has 1 heterocycles. The van der Waals surface area contributed by atoms with Crippen molar-refractivity contribution in [2.45, 2.75) is 12.8 Å². The Morgan fingerprint density at radius 1 is 0.373 bits per heavy atom. The molecule has 1 aliphatic carbocycles. The largest absolute Gasteiger partial charge is 0.456 e. The van der Waals surface area contributed by atoms with E-state index in [1.807, 2.05) is 0 Å². The first-order valence-electron chi connectivity index (χ1n) is 17.8. The topological polar surface area (TPSA) is 13.1 Å². The van der Waals surface area contributed by atoms with Gasteiger partial charge in [0.15, 0.2) is 0 Å². The first-order chi connectivity index (χ1) is 25.3. The molecule has 1 aromatic heterocycles. The highest BCUT2D eigenvalue weighted by Crippen LogP contribution is 2.50. The fourth-order valence-corrected chi connectivity index (χ4v) is 8.27. The lowest BCUT2D eigenvalue weighted by molar-refractivity contribution is 0.669. The zero-order chi connectivity index (χ0) is 33.7. The van der Waals surface area contributed by atoms with Gasteiger partial charge in [-0.3, -0.25) is 0 Å². The first kappa shape index (κ1) is 29.5. The van der Waals surface area contributed by atoms with Gasteiger partial charge in [-0.15, -0.1) is 0 Å². The molecule has 0 saturated heterocycles. The number of hydrogen-bond donors (Lipinski definition) is 0. The average Bonchev–Trinajstić information content (AvgIpc) is 3.59. The molecule has 0 radical (unpaired) electrons. The van der Waals surface area contributed by atoms with Crippen molar-refractivity contribution in [2.75, 3.05) is 0 Å². The van der Waals surface area contributed by atoms with Gasteiger partial charge in [-0.25, -0.2) is 0 Å². The van der Waals surface area contributed by atoms with Gasteiger partial charge in [0.2, 0.25) is 0 Å². The molecule has 9 aromatic rings. The number of furan rings is 1. The predicted octanol–water partition coefficient (Wildman–Crippen LogP) is 14.3.